The third kappa shape index (κ3) is 3.92. The van der Waals surface area contributed by atoms with Crippen molar-refractivity contribution in [1.82, 2.24) is 0 Å². The largest absolute Gasteiger partial charge is 0.495 e. The molecular weight excluding hydrogens is 250 g/mol. The minimum atomic E-state index is 0.758. The zero-order chi connectivity index (χ0) is 14.2. The smallest absolute Gasteiger partial charge is 0.141 e. The summed E-state index contributed by atoms with van der Waals surface area (Å²) in [7, 11) is 1.68. The second-order valence-electron chi connectivity index (χ2n) is 4.55. The van der Waals surface area contributed by atoms with Crippen molar-refractivity contribution in [2.24, 2.45) is 0 Å². The quantitative estimate of drug-likeness (QED) is 0.822. The topological polar surface area (TPSA) is 30.5 Å². The molecule has 3 nitrogen and oxygen atoms in total. The lowest BCUT2D eigenvalue weighted by atomic mass is 10.2. The lowest BCUT2D eigenvalue weighted by Gasteiger charge is -2.11. The van der Waals surface area contributed by atoms with Crippen molar-refractivity contribution >= 4 is 5.69 Å². The van der Waals surface area contributed by atoms with Gasteiger partial charge in [-0.2, -0.15) is 0 Å². The third-order valence-corrected chi connectivity index (χ3v) is 2.99. The molecule has 0 radical (unpaired) electrons. The zero-order valence-electron chi connectivity index (χ0n) is 12.1. The lowest BCUT2D eigenvalue weighted by Crippen LogP contribution is -2.01. The lowest BCUT2D eigenvalue weighted by molar-refractivity contribution is 0.317. The maximum absolute atomic E-state index is 5.57. The molecule has 0 unspecified atom stereocenters. The number of rotatable bonds is 7. The zero-order valence-corrected chi connectivity index (χ0v) is 12.1. The van der Waals surface area contributed by atoms with E-state index in [1.165, 1.54) is 5.56 Å². The summed E-state index contributed by atoms with van der Waals surface area (Å²) in [5, 5.41) is 3.38. The van der Waals surface area contributed by atoms with E-state index in [1.807, 2.05) is 36.4 Å². The van der Waals surface area contributed by atoms with Crippen LogP contribution in [0.25, 0.3) is 0 Å². The highest BCUT2D eigenvalue weighted by molar-refractivity contribution is 5.56. The summed E-state index contributed by atoms with van der Waals surface area (Å²) in [6.07, 6.45) is 1.02. The van der Waals surface area contributed by atoms with Crippen LogP contribution in [0.2, 0.25) is 0 Å². The normalized spacial score (nSPS) is 10.1. The second-order valence-corrected chi connectivity index (χ2v) is 4.55. The number of hydrogen-bond acceptors (Lipinski definition) is 3. The van der Waals surface area contributed by atoms with Crippen LogP contribution in [0.5, 0.6) is 11.5 Å². The Morgan fingerprint density at radius 1 is 1.00 bits per heavy atom. The molecule has 0 saturated carbocycles. The Labute approximate surface area is 120 Å². The molecule has 0 aliphatic rings. The Morgan fingerprint density at radius 2 is 1.75 bits per heavy atom. The number of hydrogen-bond donors (Lipinski definition) is 1. The van der Waals surface area contributed by atoms with Gasteiger partial charge in [0.05, 0.1) is 19.4 Å². The van der Waals surface area contributed by atoms with E-state index in [-0.39, 0.29) is 0 Å². The highest BCUT2D eigenvalue weighted by atomic mass is 16.5. The van der Waals surface area contributed by atoms with Crippen LogP contribution >= 0.6 is 0 Å². The molecular formula is C17H21NO2. The van der Waals surface area contributed by atoms with Gasteiger partial charge in [0.25, 0.3) is 0 Å². The summed E-state index contributed by atoms with van der Waals surface area (Å²) in [5.41, 5.74) is 2.21. The highest BCUT2D eigenvalue weighted by Gasteiger charge is 2.01. The Balaban J connectivity index is 1.93. The molecule has 0 aliphatic carbocycles. The van der Waals surface area contributed by atoms with E-state index < -0.39 is 0 Å². The van der Waals surface area contributed by atoms with Crippen LogP contribution in [-0.4, -0.2) is 13.7 Å². The summed E-state index contributed by atoms with van der Waals surface area (Å²) in [6, 6.07) is 16.1. The predicted molar refractivity (Wildman–Crippen MR) is 82.5 cm³/mol. The molecule has 0 atom stereocenters. The Morgan fingerprint density at radius 3 is 2.45 bits per heavy atom. The molecule has 2 rings (SSSR count). The van der Waals surface area contributed by atoms with Crippen LogP contribution in [0.3, 0.4) is 0 Å². The number of methoxy groups -OCH3 is 1. The SMILES string of the molecule is CCCOc1ccc(CNc2ccccc2OC)cc1. The minimum Gasteiger partial charge on any atom is -0.495 e. The molecule has 2 aromatic carbocycles. The first-order valence-electron chi connectivity index (χ1n) is 6.92. The van der Waals surface area contributed by atoms with Crippen LogP contribution in [-0.2, 0) is 6.54 Å². The molecule has 0 amide bonds. The average molecular weight is 271 g/mol. The molecule has 3 heteroatoms. The summed E-state index contributed by atoms with van der Waals surface area (Å²) in [4.78, 5) is 0. The van der Waals surface area contributed by atoms with Gasteiger partial charge in [-0.05, 0) is 36.2 Å². The van der Waals surface area contributed by atoms with Gasteiger partial charge in [-0.1, -0.05) is 31.2 Å². The van der Waals surface area contributed by atoms with Gasteiger partial charge in [0.15, 0.2) is 0 Å². The van der Waals surface area contributed by atoms with Crippen molar-refractivity contribution in [3.8, 4) is 11.5 Å². The van der Waals surface area contributed by atoms with Crippen LogP contribution in [0.4, 0.5) is 5.69 Å². The number of para-hydroxylation sites is 2. The van der Waals surface area contributed by atoms with Crippen molar-refractivity contribution in [3.63, 3.8) is 0 Å². The standard InChI is InChI=1S/C17H21NO2/c1-3-12-20-15-10-8-14(9-11-15)13-18-16-6-4-5-7-17(16)19-2/h4-11,18H,3,12-13H2,1-2H3. The molecule has 20 heavy (non-hydrogen) atoms. The predicted octanol–water partition coefficient (Wildman–Crippen LogP) is 4.10. The average Bonchev–Trinajstić information content (AvgIpc) is 2.52. The van der Waals surface area contributed by atoms with Crippen molar-refractivity contribution in [3.05, 3.63) is 54.1 Å². The van der Waals surface area contributed by atoms with Gasteiger partial charge >= 0.3 is 0 Å². The van der Waals surface area contributed by atoms with Crippen LogP contribution < -0.4 is 14.8 Å². The fourth-order valence-electron chi connectivity index (χ4n) is 1.91. The van der Waals surface area contributed by atoms with E-state index in [1.54, 1.807) is 7.11 Å². The van der Waals surface area contributed by atoms with Gasteiger partial charge in [-0.3, -0.25) is 0 Å². The van der Waals surface area contributed by atoms with E-state index in [0.29, 0.717) is 0 Å². The first-order valence-corrected chi connectivity index (χ1v) is 6.92. The molecule has 1 N–H and O–H groups in total. The molecule has 2 aromatic rings. The monoisotopic (exact) mass is 271 g/mol. The van der Waals surface area contributed by atoms with Crippen molar-refractivity contribution < 1.29 is 9.47 Å². The van der Waals surface area contributed by atoms with Crippen LogP contribution in [0.15, 0.2) is 48.5 Å². The fraction of sp³-hybridized carbons (Fsp3) is 0.294. The second kappa shape index (κ2) is 7.43. The third-order valence-electron chi connectivity index (χ3n) is 2.99. The maximum atomic E-state index is 5.57. The first-order chi connectivity index (χ1) is 9.83. The molecule has 0 aromatic heterocycles. The van der Waals surface area contributed by atoms with E-state index in [4.69, 9.17) is 9.47 Å². The Hall–Kier alpha value is -2.16. The molecule has 0 heterocycles. The Kier molecular flexibility index (Phi) is 5.30. The molecule has 0 bridgehead atoms. The van der Waals surface area contributed by atoms with Gasteiger partial charge in [-0.25, -0.2) is 0 Å². The van der Waals surface area contributed by atoms with Crippen molar-refractivity contribution in [1.29, 1.82) is 0 Å². The first kappa shape index (κ1) is 14.3. The number of benzene rings is 2. The Bertz CT molecular complexity index is 523. The van der Waals surface area contributed by atoms with Crippen molar-refractivity contribution in [2.75, 3.05) is 19.0 Å². The van der Waals surface area contributed by atoms with E-state index in [9.17, 15) is 0 Å². The molecule has 0 fully saturated rings. The molecule has 0 saturated heterocycles. The molecule has 106 valence electrons. The number of anilines is 1. The summed E-state index contributed by atoms with van der Waals surface area (Å²) < 4.78 is 10.9. The van der Waals surface area contributed by atoms with Gasteiger partial charge in [-0.15, -0.1) is 0 Å². The molecule has 0 spiro atoms. The van der Waals surface area contributed by atoms with E-state index in [2.05, 4.69) is 24.4 Å². The summed E-state index contributed by atoms with van der Waals surface area (Å²) in [6.45, 7) is 3.62. The highest BCUT2D eigenvalue weighted by Crippen LogP contribution is 2.23. The van der Waals surface area contributed by atoms with Gasteiger partial charge < -0.3 is 14.8 Å². The summed E-state index contributed by atoms with van der Waals surface area (Å²) in [5.74, 6) is 1.78. The fourth-order valence-corrected chi connectivity index (χ4v) is 1.91. The van der Waals surface area contributed by atoms with E-state index >= 15 is 0 Å². The maximum Gasteiger partial charge on any atom is 0.141 e. The van der Waals surface area contributed by atoms with Gasteiger partial charge in [0.2, 0.25) is 0 Å². The van der Waals surface area contributed by atoms with Crippen LogP contribution in [0, 0.1) is 0 Å². The minimum absolute atomic E-state index is 0.758. The number of nitrogens with one attached hydrogen (secondary N) is 1. The van der Waals surface area contributed by atoms with Crippen molar-refractivity contribution in [2.45, 2.75) is 19.9 Å². The van der Waals surface area contributed by atoms with Gasteiger partial charge in [0.1, 0.15) is 11.5 Å². The van der Waals surface area contributed by atoms with E-state index in [0.717, 1.165) is 36.8 Å². The van der Waals surface area contributed by atoms with Gasteiger partial charge in [0, 0.05) is 6.54 Å². The molecule has 0 aliphatic heterocycles. The number of ether oxygens (including phenoxy) is 2. The summed E-state index contributed by atoms with van der Waals surface area (Å²) >= 11 is 0. The van der Waals surface area contributed by atoms with Crippen LogP contribution in [0.1, 0.15) is 18.9 Å².